The summed E-state index contributed by atoms with van der Waals surface area (Å²) in [6.45, 7) is 6.35. The van der Waals surface area contributed by atoms with Crippen molar-refractivity contribution >= 4 is 6.03 Å². The highest BCUT2D eigenvalue weighted by Gasteiger charge is 2.25. The molecule has 1 aliphatic heterocycles. The molecule has 0 radical (unpaired) electrons. The number of hydrogen-bond acceptors (Lipinski definition) is 4. The van der Waals surface area contributed by atoms with Gasteiger partial charge in [-0.1, -0.05) is 19.8 Å². The van der Waals surface area contributed by atoms with E-state index in [9.17, 15) is 4.79 Å². The van der Waals surface area contributed by atoms with Crippen LogP contribution in [0, 0.1) is 5.92 Å². The quantitative estimate of drug-likeness (QED) is 0.859. The lowest BCUT2D eigenvalue weighted by Gasteiger charge is -2.36. The van der Waals surface area contributed by atoms with Crippen molar-refractivity contribution in [1.29, 1.82) is 0 Å². The van der Waals surface area contributed by atoms with Crippen LogP contribution in [-0.2, 0) is 6.54 Å². The molecule has 2 atom stereocenters. The molecular weight excluding hydrogens is 342 g/mol. The van der Waals surface area contributed by atoms with Crippen molar-refractivity contribution in [2.24, 2.45) is 5.92 Å². The molecule has 27 heavy (non-hydrogen) atoms. The lowest BCUT2D eigenvalue weighted by atomic mass is 9.87. The van der Waals surface area contributed by atoms with Crippen LogP contribution in [-0.4, -0.2) is 62.3 Å². The Hall–Kier alpha value is -1.95. The van der Waals surface area contributed by atoms with Crippen LogP contribution in [0.4, 0.5) is 4.79 Å². The lowest BCUT2D eigenvalue weighted by molar-refractivity contribution is 0.130. The average molecular weight is 376 g/mol. The van der Waals surface area contributed by atoms with E-state index in [2.05, 4.69) is 17.1 Å². The molecule has 2 aliphatic rings. The van der Waals surface area contributed by atoms with E-state index in [0.717, 1.165) is 68.5 Å². The molecule has 2 amide bonds. The zero-order chi connectivity index (χ0) is 19.2. The Balaban J connectivity index is 1.49. The van der Waals surface area contributed by atoms with E-state index in [-0.39, 0.29) is 6.03 Å². The molecule has 0 aromatic heterocycles. The molecule has 3 rings (SSSR count). The van der Waals surface area contributed by atoms with E-state index in [1.54, 1.807) is 14.2 Å². The Kier molecular flexibility index (Phi) is 6.83. The van der Waals surface area contributed by atoms with Gasteiger partial charge in [-0.25, -0.2) is 4.79 Å². The van der Waals surface area contributed by atoms with Crippen LogP contribution in [0.25, 0.3) is 0 Å². The third-order valence-electron chi connectivity index (χ3n) is 5.81. The Bertz CT molecular complexity index is 629. The molecule has 6 heteroatoms. The summed E-state index contributed by atoms with van der Waals surface area (Å²) in [5.74, 6) is 2.44. The van der Waals surface area contributed by atoms with Crippen molar-refractivity contribution in [3.63, 3.8) is 0 Å². The van der Waals surface area contributed by atoms with E-state index in [0.29, 0.717) is 6.04 Å². The largest absolute Gasteiger partial charge is 0.497 e. The Morgan fingerprint density at radius 2 is 1.93 bits per heavy atom. The molecule has 1 aliphatic carbocycles. The zero-order valence-electron chi connectivity index (χ0n) is 16.9. The highest BCUT2D eigenvalue weighted by atomic mass is 16.5. The number of amides is 2. The molecule has 2 fully saturated rings. The van der Waals surface area contributed by atoms with Gasteiger partial charge in [0.2, 0.25) is 0 Å². The fourth-order valence-corrected chi connectivity index (χ4v) is 4.19. The highest BCUT2D eigenvalue weighted by Crippen LogP contribution is 2.26. The first-order valence-corrected chi connectivity index (χ1v) is 10.1. The van der Waals surface area contributed by atoms with Crippen LogP contribution < -0.4 is 14.8 Å². The predicted molar refractivity (Wildman–Crippen MR) is 106 cm³/mol. The summed E-state index contributed by atoms with van der Waals surface area (Å²) in [6.07, 6.45) is 4.74. The summed E-state index contributed by atoms with van der Waals surface area (Å²) in [6, 6.07) is 6.34. The number of urea groups is 1. The topological polar surface area (TPSA) is 54.0 Å². The van der Waals surface area contributed by atoms with E-state index in [1.807, 2.05) is 23.1 Å². The fourth-order valence-electron chi connectivity index (χ4n) is 4.19. The summed E-state index contributed by atoms with van der Waals surface area (Å²) in [4.78, 5) is 16.9. The highest BCUT2D eigenvalue weighted by molar-refractivity contribution is 5.74. The number of carbonyl (C=O) groups excluding carboxylic acids is 1. The van der Waals surface area contributed by atoms with Gasteiger partial charge in [0.25, 0.3) is 0 Å². The van der Waals surface area contributed by atoms with Gasteiger partial charge in [0, 0.05) is 44.3 Å². The summed E-state index contributed by atoms with van der Waals surface area (Å²) in [7, 11) is 3.37. The van der Waals surface area contributed by atoms with Gasteiger partial charge in [0.15, 0.2) is 0 Å². The molecule has 2 unspecified atom stereocenters. The second-order valence-electron chi connectivity index (χ2n) is 7.86. The number of hydrogen-bond donors (Lipinski definition) is 1. The summed E-state index contributed by atoms with van der Waals surface area (Å²) < 4.78 is 10.8. The van der Waals surface area contributed by atoms with E-state index < -0.39 is 0 Å². The normalized spacial score (nSPS) is 23.7. The van der Waals surface area contributed by atoms with Crippen molar-refractivity contribution in [3.05, 3.63) is 23.8 Å². The molecule has 1 heterocycles. The maximum absolute atomic E-state index is 12.6. The van der Waals surface area contributed by atoms with Crippen LogP contribution in [0.1, 0.15) is 38.2 Å². The van der Waals surface area contributed by atoms with Crippen LogP contribution in [0.5, 0.6) is 11.5 Å². The third kappa shape index (κ3) is 5.28. The summed E-state index contributed by atoms with van der Waals surface area (Å²) >= 11 is 0. The van der Waals surface area contributed by atoms with E-state index >= 15 is 0 Å². The molecule has 0 spiro atoms. The van der Waals surface area contributed by atoms with Gasteiger partial charge in [-0.3, -0.25) is 4.90 Å². The van der Waals surface area contributed by atoms with Crippen LogP contribution in [0.3, 0.4) is 0 Å². The van der Waals surface area contributed by atoms with Gasteiger partial charge < -0.3 is 19.7 Å². The maximum atomic E-state index is 12.6. The molecule has 1 aromatic carbocycles. The standard InChI is InChI=1S/C21H33N3O3/c1-16-5-4-6-18(13-16)22-21(25)24-11-9-23(10-12-24)15-17-14-19(26-2)7-8-20(17)27-3/h7-8,14,16,18H,4-6,9-13,15H2,1-3H3,(H,22,25). The minimum atomic E-state index is 0.104. The first-order chi connectivity index (χ1) is 13.1. The first-order valence-electron chi connectivity index (χ1n) is 10.1. The van der Waals surface area contributed by atoms with Crippen molar-refractivity contribution in [2.45, 2.75) is 45.2 Å². The van der Waals surface area contributed by atoms with E-state index in [4.69, 9.17) is 9.47 Å². The predicted octanol–water partition coefficient (Wildman–Crippen LogP) is 3.11. The monoisotopic (exact) mass is 375 g/mol. The fraction of sp³-hybridized carbons (Fsp3) is 0.667. The SMILES string of the molecule is COc1ccc(OC)c(CN2CCN(C(=O)NC3CCCC(C)C3)CC2)c1. The summed E-state index contributed by atoms with van der Waals surface area (Å²) in [5.41, 5.74) is 1.12. The smallest absolute Gasteiger partial charge is 0.317 e. The number of rotatable bonds is 5. The number of nitrogens with zero attached hydrogens (tertiary/aromatic N) is 2. The number of methoxy groups -OCH3 is 2. The molecule has 1 saturated heterocycles. The molecule has 150 valence electrons. The second-order valence-corrected chi connectivity index (χ2v) is 7.86. The number of benzene rings is 1. The number of piperazine rings is 1. The number of nitrogens with one attached hydrogen (secondary N) is 1. The first kappa shape index (κ1) is 19.8. The third-order valence-corrected chi connectivity index (χ3v) is 5.81. The van der Waals surface area contributed by atoms with Crippen molar-refractivity contribution in [2.75, 3.05) is 40.4 Å². The van der Waals surface area contributed by atoms with Gasteiger partial charge in [-0.2, -0.15) is 0 Å². The van der Waals surface area contributed by atoms with Gasteiger partial charge in [0.1, 0.15) is 11.5 Å². The average Bonchev–Trinajstić information content (AvgIpc) is 2.68. The Labute approximate surface area is 162 Å². The minimum Gasteiger partial charge on any atom is -0.497 e. The Morgan fingerprint density at radius 1 is 1.15 bits per heavy atom. The van der Waals surface area contributed by atoms with Crippen molar-refractivity contribution in [1.82, 2.24) is 15.1 Å². The molecule has 6 nitrogen and oxygen atoms in total. The van der Waals surface area contributed by atoms with Crippen molar-refractivity contribution < 1.29 is 14.3 Å². The lowest BCUT2D eigenvalue weighted by Crippen LogP contribution is -2.53. The minimum absolute atomic E-state index is 0.104. The van der Waals surface area contributed by atoms with Crippen LogP contribution in [0.2, 0.25) is 0 Å². The zero-order valence-corrected chi connectivity index (χ0v) is 16.9. The van der Waals surface area contributed by atoms with Gasteiger partial charge in [-0.15, -0.1) is 0 Å². The van der Waals surface area contributed by atoms with E-state index in [1.165, 1.54) is 12.8 Å². The number of carbonyl (C=O) groups is 1. The van der Waals surface area contributed by atoms with Crippen molar-refractivity contribution in [3.8, 4) is 11.5 Å². The summed E-state index contributed by atoms with van der Waals surface area (Å²) in [5, 5.41) is 3.25. The van der Waals surface area contributed by atoms with Crippen LogP contribution in [0.15, 0.2) is 18.2 Å². The molecule has 1 N–H and O–H groups in total. The van der Waals surface area contributed by atoms with Gasteiger partial charge in [-0.05, 0) is 37.0 Å². The Morgan fingerprint density at radius 3 is 2.59 bits per heavy atom. The number of ether oxygens (including phenoxy) is 2. The molecule has 1 saturated carbocycles. The maximum Gasteiger partial charge on any atom is 0.317 e. The molecule has 1 aromatic rings. The van der Waals surface area contributed by atoms with Gasteiger partial charge in [0.05, 0.1) is 14.2 Å². The van der Waals surface area contributed by atoms with Gasteiger partial charge >= 0.3 is 6.03 Å². The molecular formula is C21H33N3O3. The second kappa shape index (κ2) is 9.31. The molecule has 0 bridgehead atoms. The van der Waals surface area contributed by atoms with Crippen LogP contribution >= 0.6 is 0 Å².